The lowest BCUT2D eigenvalue weighted by molar-refractivity contribution is 0.518. The van der Waals surface area contributed by atoms with Crippen LogP contribution in [0.3, 0.4) is 0 Å². The van der Waals surface area contributed by atoms with E-state index in [-0.39, 0.29) is 5.82 Å². The van der Waals surface area contributed by atoms with Crippen molar-refractivity contribution in [2.75, 3.05) is 13.6 Å². The molecular formula is C11H15BrFN. The van der Waals surface area contributed by atoms with E-state index in [1.165, 1.54) is 0 Å². The van der Waals surface area contributed by atoms with Crippen LogP contribution >= 0.6 is 15.9 Å². The third kappa shape index (κ3) is 3.07. The molecule has 0 aliphatic carbocycles. The Labute approximate surface area is 92.8 Å². The van der Waals surface area contributed by atoms with E-state index >= 15 is 0 Å². The maximum Gasteiger partial charge on any atom is 0.140 e. The van der Waals surface area contributed by atoms with E-state index in [0.717, 1.165) is 18.5 Å². The molecule has 1 rings (SSSR count). The maximum atomic E-state index is 13.5. The molecule has 0 bridgehead atoms. The van der Waals surface area contributed by atoms with Gasteiger partial charge in [0.1, 0.15) is 5.82 Å². The minimum Gasteiger partial charge on any atom is -0.319 e. The first-order chi connectivity index (χ1) is 6.65. The van der Waals surface area contributed by atoms with Gasteiger partial charge in [-0.2, -0.15) is 0 Å². The summed E-state index contributed by atoms with van der Waals surface area (Å²) in [7, 11) is 1.91. The summed E-state index contributed by atoms with van der Waals surface area (Å²) in [6.45, 7) is 3.02. The molecule has 1 nitrogen and oxygen atoms in total. The van der Waals surface area contributed by atoms with E-state index in [2.05, 4.69) is 28.2 Å². The van der Waals surface area contributed by atoms with Crippen molar-refractivity contribution in [3.8, 4) is 0 Å². The highest BCUT2D eigenvalue weighted by atomic mass is 79.9. The van der Waals surface area contributed by atoms with Gasteiger partial charge in [-0.15, -0.1) is 0 Å². The topological polar surface area (TPSA) is 12.0 Å². The summed E-state index contributed by atoms with van der Waals surface area (Å²) < 4.78 is 14.1. The maximum absolute atomic E-state index is 13.5. The quantitative estimate of drug-likeness (QED) is 0.877. The molecule has 0 aliphatic rings. The number of halogens is 2. The van der Waals surface area contributed by atoms with Gasteiger partial charge in [-0.1, -0.05) is 19.1 Å². The molecule has 0 aromatic heterocycles. The van der Waals surface area contributed by atoms with Gasteiger partial charge in [-0.05, 0) is 53.5 Å². The predicted octanol–water partition coefficient (Wildman–Crippen LogP) is 2.99. The van der Waals surface area contributed by atoms with Crippen molar-refractivity contribution in [3.63, 3.8) is 0 Å². The first kappa shape index (κ1) is 11.7. The first-order valence-corrected chi connectivity index (χ1v) is 5.52. The molecule has 14 heavy (non-hydrogen) atoms. The van der Waals surface area contributed by atoms with Gasteiger partial charge in [-0.3, -0.25) is 0 Å². The molecule has 1 aromatic carbocycles. The van der Waals surface area contributed by atoms with Gasteiger partial charge in [0.25, 0.3) is 0 Å². The predicted molar refractivity (Wildman–Crippen MR) is 60.9 cm³/mol. The van der Waals surface area contributed by atoms with Gasteiger partial charge in [0.05, 0.1) is 4.47 Å². The Bertz CT molecular complexity index is 301. The molecule has 0 amide bonds. The summed E-state index contributed by atoms with van der Waals surface area (Å²) >= 11 is 3.18. The molecule has 1 unspecified atom stereocenters. The van der Waals surface area contributed by atoms with Crippen LogP contribution in [0, 0.1) is 11.7 Å². The van der Waals surface area contributed by atoms with Crippen LogP contribution in [0.1, 0.15) is 12.5 Å². The molecule has 1 N–H and O–H groups in total. The summed E-state index contributed by atoms with van der Waals surface area (Å²) in [5.74, 6) is 0.319. The second kappa shape index (κ2) is 5.47. The van der Waals surface area contributed by atoms with Crippen LogP contribution in [0.2, 0.25) is 0 Å². The fourth-order valence-corrected chi connectivity index (χ4v) is 1.91. The van der Waals surface area contributed by atoms with Crippen molar-refractivity contribution >= 4 is 15.9 Å². The van der Waals surface area contributed by atoms with Crippen molar-refractivity contribution in [3.05, 3.63) is 34.1 Å². The molecule has 0 saturated heterocycles. The van der Waals surface area contributed by atoms with Gasteiger partial charge >= 0.3 is 0 Å². The van der Waals surface area contributed by atoms with Crippen LogP contribution in [0.5, 0.6) is 0 Å². The highest BCUT2D eigenvalue weighted by Gasteiger charge is 2.09. The van der Waals surface area contributed by atoms with Gasteiger partial charge in [0, 0.05) is 0 Å². The Kier molecular flexibility index (Phi) is 4.55. The van der Waals surface area contributed by atoms with Crippen molar-refractivity contribution in [2.45, 2.75) is 13.3 Å². The van der Waals surface area contributed by atoms with Crippen molar-refractivity contribution in [2.24, 2.45) is 5.92 Å². The molecule has 0 fully saturated rings. The SMILES string of the molecule is CNCC(C)Cc1cccc(Br)c1F. The van der Waals surface area contributed by atoms with Crippen molar-refractivity contribution in [1.29, 1.82) is 0 Å². The lowest BCUT2D eigenvalue weighted by Crippen LogP contribution is -2.18. The highest BCUT2D eigenvalue weighted by Crippen LogP contribution is 2.20. The summed E-state index contributed by atoms with van der Waals surface area (Å²) in [6, 6.07) is 5.43. The van der Waals surface area contributed by atoms with Crippen LogP contribution in [-0.2, 0) is 6.42 Å². The molecule has 0 saturated carbocycles. The molecule has 0 heterocycles. The van der Waals surface area contributed by atoms with E-state index in [1.54, 1.807) is 6.07 Å². The van der Waals surface area contributed by atoms with E-state index in [1.807, 2.05) is 19.2 Å². The molecule has 0 aliphatic heterocycles. The fraction of sp³-hybridized carbons (Fsp3) is 0.455. The summed E-state index contributed by atoms with van der Waals surface area (Å²) in [6.07, 6.45) is 0.770. The number of rotatable bonds is 4. The van der Waals surface area contributed by atoms with E-state index in [4.69, 9.17) is 0 Å². The normalized spacial score (nSPS) is 12.9. The van der Waals surface area contributed by atoms with Crippen molar-refractivity contribution < 1.29 is 4.39 Å². The summed E-state index contributed by atoms with van der Waals surface area (Å²) in [5, 5.41) is 3.09. The zero-order valence-corrected chi connectivity index (χ0v) is 10.1. The number of hydrogen-bond donors (Lipinski definition) is 1. The Morgan fingerprint density at radius 2 is 2.21 bits per heavy atom. The monoisotopic (exact) mass is 259 g/mol. The number of hydrogen-bond acceptors (Lipinski definition) is 1. The molecule has 3 heteroatoms. The first-order valence-electron chi connectivity index (χ1n) is 4.72. The second-order valence-corrected chi connectivity index (χ2v) is 4.43. The molecule has 78 valence electrons. The lowest BCUT2D eigenvalue weighted by atomic mass is 10.0. The Balaban J connectivity index is 2.71. The van der Waals surface area contributed by atoms with Crippen LogP contribution in [0.4, 0.5) is 4.39 Å². The zero-order valence-electron chi connectivity index (χ0n) is 8.48. The van der Waals surface area contributed by atoms with Crippen LogP contribution in [0.25, 0.3) is 0 Å². The van der Waals surface area contributed by atoms with Crippen LogP contribution in [0.15, 0.2) is 22.7 Å². The van der Waals surface area contributed by atoms with Crippen molar-refractivity contribution in [1.82, 2.24) is 5.32 Å². The fourth-order valence-electron chi connectivity index (χ4n) is 1.50. The highest BCUT2D eigenvalue weighted by molar-refractivity contribution is 9.10. The van der Waals surface area contributed by atoms with Gasteiger partial charge < -0.3 is 5.32 Å². The third-order valence-electron chi connectivity index (χ3n) is 2.15. The van der Waals surface area contributed by atoms with E-state index < -0.39 is 0 Å². The summed E-state index contributed by atoms with van der Waals surface area (Å²) in [5.41, 5.74) is 0.780. The Morgan fingerprint density at radius 1 is 1.50 bits per heavy atom. The standard InChI is InChI=1S/C11H15BrFN/c1-8(7-14-2)6-9-4-3-5-10(12)11(9)13/h3-5,8,14H,6-7H2,1-2H3. The number of nitrogens with one attached hydrogen (secondary N) is 1. The summed E-state index contributed by atoms with van der Waals surface area (Å²) in [4.78, 5) is 0. The molecule has 1 aromatic rings. The lowest BCUT2D eigenvalue weighted by Gasteiger charge is -2.11. The minimum atomic E-state index is -0.129. The molecule has 0 radical (unpaired) electrons. The molecular weight excluding hydrogens is 245 g/mol. The van der Waals surface area contributed by atoms with Crippen LogP contribution < -0.4 is 5.32 Å². The van der Waals surface area contributed by atoms with E-state index in [0.29, 0.717) is 10.4 Å². The Hall–Kier alpha value is -0.410. The molecule has 1 atom stereocenters. The average molecular weight is 260 g/mol. The van der Waals surface area contributed by atoms with Gasteiger partial charge in [-0.25, -0.2) is 4.39 Å². The zero-order chi connectivity index (χ0) is 10.6. The van der Waals surface area contributed by atoms with Crippen LogP contribution in [-0.4, -0.2) is 13.6 Å². The van der Waals surface area contributed by atoms with Gasteiger partial charge in [0.2, 0.25) is 0 Å². The Morgan fingerprint density at radius 3 is 2.86 bits per heavy atom. The third-order valence-corrected chi connectivity index (χ3v) is 2.76. The average Bonchev–Trinajstić information content (AvgIpc) is 2.13. The second-order valence-electron chi connectivity index (χ2n) is 3.58. The smallest absolute Gasteiger partial charge is 0.140 e. The largest absolute Gasteiger partial charge is 0.319 e. The number of benzene rings is 1. The van der Waals surface area contributed by atoms with E-state index in [9.17, 15) is 4.39 Å². The molecule has 0 spiro atoms. The van der Waals surface area contributed by atoms with Gasteiger partial charge in [0.15, 0.2) is 0 Å². The minimum absolute atomic E-state index is 0.129.